The summed E-state index contributed by atoms with van der Waals surface area (Å²) in [5.41, 5.74) is 0. The molecule has 0 aromatic heterocycles. The highest BCUT2D eigenvalue weighted by Crippen LogP contribution is 2.26. The molecular formula is C13H24N2O3. The van der Waals surface area contributed by atoms with Crippen molar-refractivity contribution in [1.29, 1.82) is 0 Å². The maximum atomic E-state index is 11.7. The number of nitrogens with one attached hydrogen (secondary N) is 1. The van der Waals surface area contributed by atoms with Crippen LogP contribution in [-0.4, -0.2) is 49.1 Å². The van der Waals surface area contributed by atoms with Crippen LogP contribution in [0, 0.1) is 5.92 Å². The molecular weight excluding hydrogens is 232 g/mol. The first-order valence-electron chi connectivity index (χ1n) is 6.69. The van der Waals surface area contributed by atoms with Gasteiger partial charge in [0, 0.05) is 12.6 Å². The molecule has 1 aliphatic carbocycles. The summed E-state index contributed by atoms with van der Waals surface area (Å²) in [6.07, 6.45) is 2.13. The average molecular weight is 256 g/mol. The smallest absolute Gasteiger partial charge is 0.320 e. The Morgan fingerprint density at radius 3 is 2.50 bits per heavy atom. The van der Waals surface area contributed by atoms with E-state index in [1.54, 1.807) is 6.92 Å². The minimum atomic E-state index is -0.249. The summed E-state index contributed by atoms with van der Waals surface area (Å²) < 4.78 is 4.92. The summed E-state index contributed by atoms with van der Waals surface area (Å²) >= 11 is 0. The van der Waals surface area contributed by atoms with Crippen LogP contribution in [0.1, 0.15) is 33.6 Å². The van der Waals surface area contributed by atoms with E-state index in [4.69, 9.17) is 4.74 Å². The largest absolute Gasteiger partial charge is 0.465 e. The van der Waals surface area contributed by atoms with E-state index in [-0.39, 0.29) is 25.0 Å². The van der Waals surface area contributed by atoms with Gasteiger partial charge < -0.3 is 10.1 Å². The van der Waals surface area contributed by atoms with E-state index in [0.717, 1.165) is 12.8 Å². The first kappa shape index (κ1) is 15.0. The summed E-state index contributed by atoms with van der Waals surface area (Å²) in [6.45, 7) is 7.46. The SMILES string of the molecule is CCOC(=O)CN(CC(=O)NCC(C)C)C1CC1. The van der Waals surface area contributed by atoms with Gasteiger partial charge in [0.15, 0.2) is 0 Å². The van der Waals surface area contributed by atoms with Gasteiger partial charge in [0.2, 0.25) is 5.91 Å². The second-order valence-electron chi connectivity index (χ2n) is 5.14. The van der Waals surface area contributed by atoms with E-state index < -0.39 is 0 Å². The molecule has 5 heteroatoms. The van der Waals surface area contributed by atoms with Crippen LogP contribution >= 0.6 is 0 Å². The lowest BCUT2D eigenvalue weighted by Gasteiger charge is -2.20. The summed E-state index contributed by atoms with van der Waals surface area (Å²) in [7, 11) is 0. The van der Waals surface area contributed by atoms with Gasteiger partial charge >= 0.3 is 5.97 Å². The molecule has 18 heavy (non-hydrogen) atoms. The number of ether oxygens (including phenoxy) is 1. The van der Waals surface area contributed by atoms with Crippen molar-refractivity contribution in [3.8, 4) is 0 Å². The molecule has 5 nitrogen and oxygen atoms in total. The Hall–Kier alpha value is -1.10. The molecule has 0 aromatic rings. The van der Waals surface area contributed by atoms with E-state index in [1.165, 1.54) is 0 Å². The van der Waals surface area contributed by atoms with Crippen molar-refractivity contribution in [3.05, 3.63) is 0 Å². The zero-order valence-corrected chi connectivity index (χ0v) is 11.6. The van der Waals surface area contributed by atoms with Crippen LogP contribution < -0.4 is 5.32 Å². The molecule has 104 valence electrons. The van der Waals surface area contributed by atoms with Crippen molar-refractivity contribution >= 4 is 11.9 Å². The molecule has 0 aliphatic heterocycles. The highest BCUT2D eigenvalue weighted by molar-refractivity contribution is 5.79. The minimum Gasteiger partial charge on any atom is -0.465 e. The monoisotopic (exact) mass is 256 g/mol. The standard InChI is InChI=1S/C13H24N2O3/c1-4-18-13(17)9-15(11-5-6-11)8-12(16)14-7-10(2)3/h10-11H,4-9H2,1-3H3,(H,14,16). The Labute approximate surface area is 109 Å². The van der Waals surface area contributed by atoms with E-state index in [9.17, 15) is 9.59 Å². The molecule has 1 amide bonds. The highest BCUT2D eigenvalue weighted by Gasteiger charge is 2.31. The zero-order valence-electron chi connectivity index (χ0n) is 11.6. The predicted molar refractivity (Wildman–Crippen MR) is 69.1 cm³/mol. The summed E-state index contributed by atoms with van der Waals surface area (Å²) in [6, 6.07) is 0.374. The predicted octanol–water partition coefficient (Wildman–Crippen LogP) is 0.786. The maximum Gasteiger partial charge on any atom is 0.320 e. The van der Waals surface area contributed by atoms with E-state index >= 15 is 0 Å². The molecule has 0 atom stereocenters. The molecule has 1 fully saturated rings. The quantitative estimate of drug-likeness (QED) is 0.652. The van der Waals surface area contributed by atoms with Crippen LogP contribution in [0.2, 0.25) is 0 Å². The molecule has 1 N–H and O–H groups in total. The Kier molecular flexibility index (Phi) is 6.12. The first-order valence-corrected chi connectivity index (χ1v) is 6.69. The topological polar surface area (TPSA) is 58.6 Å². The van der Waals surface area contributed by atoms with Gasteiger partial charge in [0.1, 0.15) is 0 Å². The molecule has 0 unspecified atom stereocenters. The minimum absolute atomic E-state index is 0.0140. The normalized spacial score (nSPS) is 14.9. The fourth-order valence-electron chi connectivity index (χ4n) is 1.68. The van der Waals surface area contributed by atoms with Crippen LogP contribution in [0.15, 0.2) is 0 Å². The van der Waals surface area contributed by atoms with Crippen molar-refractivity contribution < 1.29 is 14.3 Å². The Bertz CT molecular complexity index is 288. The van der Waals surface area contributed by atoms with Crippen LogP contribution in [0.3, 0.4) is 0 Å². The molecule has 0 radical (unpaired) electrons. The van der Waals surface area contributed by atoms with Gasteiger partial charge in [-0.05, 0) is 25.7 Å². The second-order valence-corrected chi connectivity index (χ2v) is 5.14. The summed E-state index contributed by atoms with van der Waals surface area (Å²) in [5, 5.41) is 2.87. The number of esters is 1. The maximum absolute atomic E-state index is 11.7. The van der Waals surface area contributed by atoms with Gasteiger partial charge in [0.25, 0.3) is 0 Å². The van der Waals surface area contributed by atoms with Crippen LogP contribution in [0.4, 0.5) is 0 Å². The molecule has 1 saturated carbocycles. The van der Waals surface area contributed by atoms with Gasteiger partial charge in [-0.3, -0.25) is 14.5 Å². The third kappa shape index (κ3) is 6.00. The summed E-state index contributed by atoms with van der Waals surface area (Å²) in [4.78, 5) is 25.1. The van der Waals surface area contributed by atoms with Gasteiger partial charge in [0.05, 0.1) is 19.7 Å². The molecule has 0 bridgehead atoms. The number of carbonyl (C=O) groups excluding carboxylic acids is 2. The lowest BCUT2D eigenvalue weighted by Crippen LogP contribution is -2.42. The lowest BCUT2D eigenvalue weighted by molar-refractivity contribution is -0.144. The fraction of sp³-hybridized carbons (Fsp3) is 0.846. The van der Waals surface area contributed by atoms with Gasteiger partial charge in [-0.1, -0.05) is 13.8 Å². The fourth-order valence-corrected chi connectivity index (χ4v) is 1.68. The average Bonchev–Trinajstić information content (AvgIpc) is 3.09. The van der Waals surface area contributed by atoms with E-state index in [0.29, 0.717) is 25.1 Å². The highest BCUT2D eigenvalue weighted by atomic mass is 16.5. The van der Waals surface area contributed by atoms with Crippen molar-refractivity contribution in [1.82, 2.24) is 10.2 Å². The van der Waals surface area contributed by atoms with Crippen LogP contribution in [0.5, 0.6) is 0 Å². The summed E-state index contributed by atoms with van der Waals surface area (Å²) in [5.74, 6) is 0.175. The molecule has 0 spiro atoms. The van der Waals surface area contributed by atoms with Gasteiger partial charge in [-0.2, -0.15) is 0 Å². The Morgan fingerprint density at radius 1 is 1.33 bits per heavy atom. The molecule has 0 saturated heterocycles. The number of carbonyl (C=O) groups is 2. The number of hydrogen-bond donors (Lipinski definition) is 1. The Balaban J connectivity index is 2.33. The van der Waals surface area contributed by atoms with E-state index in [1.807, 2.05) is 4.90 Å². The second kappa shape index (κ2) is 7.36. The van der Waals surface area contributed by atoms with Crippen molar-refractivity contribution in [2.75, 3.05) is 26.2 Å². The molecule has 0 heterocycles. The number of hydrogen-bond acceptors (Lipinski definition) is 4. The lowest BCUT2D eigenvalue weighted by atomic mass is 10.2. The first-order chi connectivity index (χ1) is 8.52. The zero-order chi connectivity index (χ0) is 13.5. The van der Waals surface area contributed by atoms with Crippen molar-refractivity contribution in [2.45, 2.75) is 39.7 Å². The van der Waals surface area contributed by atoms with Crippen LogP contribution in [-0.2, 0) is 14.3 Å². The third-order valence-electron chi connectivity index (χ3n) is 2.75. The van der Waals surface area contributed by atoms with Crippen LogP contribution in [0.25, 0.3) is 0 Å². The van der Waals surface area contributed by atoms with Gasteiger partial charge in [-0.15, -0.1) is 0 Å². The van der Waals surface area contributed by atoms with E-state index in [2.05, 4.69) is 19.2 Å². The number of rotatable bonds is 8. The Morgan fingerprint density at radius 2 is 2.00 bits per heavy atom. The number of nitrogens with zero attached hydrogens (tertiary/aromatic N) is 1. The third-order valence-corrected chi connectivity index (χ3v) is 2.75. The van der Waals surface area contributed by atoms with Gasteiger partial charge in [-0.25, -0.2) is 0 Å². The molecule has 1 aliphatic rings. The molecule has 1 rings (SSSR count). The van der Waals surface area contributed by atoms with Crippen molar-refractivity contribution in [3.63, 3.8) is 0 Å². The van der Waals surface area contributed by atoms with Crippen molar-refractivity contribution in [2.24, 2.45) is 5.92 Å². The number of amides is 1. The molecule has 0 aromatic carbocycles.